The summed E-state index contributed by atoms with van der Waals surface area (Å²) in [5, 5.41) is 2.69. The molecule has 0 saturated carbocycles. The molecule has 0 spiro atoms. The van der Waals surface area contributed by atoms with E-state index >= 15 is 0 Å². The molecule has 7 nitrogen and oxygen atoms in total. The van der Waals surface area contributed by atoms with Crippen LogP contribution in [-0.2, 0) is 4.79 Å². The number of rotatable bonds is 8. The summed E-state index contributed by atoms with van der Waals surface area (Å²) < 4.78 is 11.1. The third-order valence-corrected chi connectivity index (χ3v) is 3.51. The average molecular weight is 356 g/mol. The Bertz CT molecular complexity index is 802. The lowest BCUT2D eigenvalue weighted by Gasteiger charge is -2.17. The summed E-state index contributed by atoms with van der Waals surface area (Å²) in [5.74, 6) is -0.160. The number of primary amides is 1. The zero-order chi connectivity index (χ0) is 19.1. The van der Waals surface area contributed by atoms with Gasteiger partial charge in [0.2, 0.25) is 5.91 Å². The van der Waals surface area contributed by atoms with E-state index in [4.69, 9.17) is 15.2 Å². The first kappa shape index (κ1) is 19.0. The summed E-state index contributed by atoms with van der Waals surface area (Å²) in [6.07, 6.45) is -0.106. The number of carbonyl (C=O) groups is 3. The predicted octanol–water partition coefficient (Wildman–Crippen LogP) is 2.40. The Morgan fingerprint density at radius 2 is 1.85 bits per heavy atom. The van der Waals surface area contributed by atoms with E-state index in [0.29, 0.717) is 41.2 Å². The van der Waals surface area contributed by atoms with Crippen molar-refractivity contribution in [1.29, 1.82) is 0 Å². The molecule has 2 aromatic carbocycles. The first-order chi connectivity index (χ1) is 12.4. The van der Waals surface area contributed by atoms with Gasteiger partial charge in [0.15, 0.2) is 17.6 Å². The molecule has 0 fully saturated rings. The molecule has 0 radical (unpaired) electrons. The number of nitrogens with one attached hydrogen (secondary N) is 1. The summed E-state index contributed by atoms with van der Waals surface area (Å²) in [7, 11) is 0. The van der Waals surface area contributed by atoms with Gasteiger partial charge < -0.3 is 20.5 Å². The summed E-state index contributed by atoms with van der Waals surface area (Å²) in [6, 6.07) is 10.9. The van der Waals surface area contributed by atoms with Crippen LogP contribution in [0.1, 0.15) is 34.6 Å². The Morgan fingerprint density at radius 3 is 2.42 bits per heavy atom. The van der Waals surface area contributed by atoms with Gasteiger partial charge in [0, 0.05) is 16.8 Å². The highest BCUT2D eigenvalue weighted by atomic mass is 16.5. The van der Waals surface area contributed by atoms with E-state index in [1.54, 1.807) is 37.3 Å². The Balaban J connectivity index is 2.06. The second-order valence-electron chi connectivity index (χ2n) is 5.45. The summed E-state index contributed by atoms with van der Waals surface area (Å²) in [4.78, 5) is 34.2. The summed E-state index contributed by atoms with van der Waals surface area (Å²) >= 11 is 0. The maximum Gasteiger partial charge on any atom is 0.265 e. The molecule has 0 aliphatic carbocycles. The molecule has 0 bridgehead atoms. The molecule has 0 aromatic heterocycles. The molecule has 2 aromatic rings. The van der Waals surface area contributed by atoms with Gasteiger partial charge in [-0.15, -0.1) is 0 Å². The van der Waals surface area contributed by atoms with Gasteiger partial charge in [-0.05, 0) is 56.3 Å². The molecule has 7 heteroatoms. The highest BCUT2D eigenvalue weighted by Gasteiger charge is 2.17. The zero-order valence-electron chi connectivity index (χ0n) is 14.5. The minimum absolute atomic E-state index is 0.351. The fourth-order valence-corrected chi connectivity index (χ4v) is 2.17. The maximum atomic E-state index is 12.3. The monoisotopic (exact) mass is 356 g/mol. The van der Waals surface area contributed by atoms with E-state index in [9.17, 15) is 14.4 Å². The molecule has 3 N–H and O–H groups in total. The van der Waals surface area contributed by atoms with E-state index in [1.165, 1.54) is 12.1 Å². The normalized spacial score (nSPS) is 11.3. The number of ether oxygens (including phenoxy) is 2. The van der Waals surface area contributed by atoms with Gasteiger partial charge in [-0.25, -0.2) is 0 Å². The Kier molecular flexibility index (Phi) is 6.32. The van der Waals surface area contributed by atoms with Crippen molar-refractivity contribution in [2.75, 3.05) is 11.9 Å². The third kappa shape index (κ3) is 4.83. The van der Waals surface area contributed by atoms with Crippen molar-refractivity contribution in [2.45, 2.75) is 20.0 Å². The van der Waals surface area contributed by atoms with Crippen LogP contribution in [0.2, 0.25) is 0 Å². The number of amides is 2. The standard InChI is InChI=1S/C19H20N2O5/c1-3-25-17-10-13(11-22)4-9-16(17)26-12(2)19(24)21-15-7-5-14(6-8-15)18(20)23/h4-12H,3H2,1-2H3,(H2,20,23)(H,21,24). The van der Waals surface area contributed by atoms with Crippen LogP contribution in [0.4, 0.5) is 5.69 Å². The van der Waals surface area contributed by atoms with Crippen molar-refractivity contribution >= 4 is 23.8 Å². The second kappa shape index (κ2) is 8.66. The Labute approximate surface area is 151 Å². The first-order valence-corrected chi connectivity index (χ1v) is 8.04. The quantitative estimate of drug-likeness (QED) is 0.706. The van der Waals surface area contributed by atoms with E-state index in [-0.39, 0.29) is 5.91 Å². The number of aldehydes is 1. The van der Waals surface area contributed by atoms with Crippen molar-refractivity contribution in [3.8, 4) is 11.5 Å². The topological polar surface area (TPSA) is 108 Å². The molecular formula is C19H20N2O5. The molecule has 0 aliphatic heterocycles. The summed E-state index contributed by atoms with van der Waals surface area (Å²) in [5.41, 5.74) is 6.49. The van der Waals surface area contributed by atoms with Crippen molar-refractivity contribution < 1.29 is 23.9 Å². The van der Waals surface area contributed by atoms with Crippen LogP contribution < -0.4 is 20.5 Å². The Morgan fingerprint density at radius 1 is 1.15 bits per heavy atom. The molecule has 2 rings (SSSR count). The molecule has 1 unspecified atom stereocenters. The van der Waals surface area contributed by atoms with E-state index in [0.717, 1.165) is 0 Å². The first-order valence-electron chi connectivity index (χ1n) is 8.04. The van der Waals surface area contributed by atoms with Crippen LogP contribution in [0.15, 0.2) is 42.5 Å². The number of nitrogens with two attached hydrogens (primary N) is 1. The fraction of sp³-hybridized carbons (Fsp3) is 0.211. The highest BCUT2D eigenvalue weighted by molar-refractivity contribution is 5.96. The van der Waals surface area contributed by atoms with Gasteiger partial charge in [0.1, 0.15) is 6.29 Å². The lowest BCUT2D eigenvalue weighted by atomic mass is 10.2. The largest absolute Gasteiger partial charge is 0.490 e. The maximum absolute atomic E-state index is 12.3. The van der Waals surface area contributed by atoms with Crippen molar-refractivity contribution in [3.05, 3.63) is 53.6 Å². The number of anilines is 1. The molecule has 0 aliphatic rings. The molecular weight excluding hydrogens is 336 g/mol. The summed E-state index contributed by atoms with van der Waals surface area (Å²) in [6.45, 7) is 3.80. The van der Waals surface area contributed by atoms with Crippen molar-refractivity contribution in [3.63, 3.8) is 0 Å². The lowest BCUT2D eigenvalue weighted by Crippen LogP contribution is -2.30. The number of hydrogen-bond acceptors (Lipinski definition) is 5. The highest BCUT2D eigenvalue weighted by Crippen LogP contribution is 2.29. The van der Waals surface area contributed by atoms with Crippen LogP contribution in [-0.4, -0.2) is 30.8 Å². The molecule has 0 saturated heterocycles. The van der Waals surface area contributed by atoms with Crippen molar-refractivity contribution in [1.82, 2.24) is 0 Å². The van der Waals surface area contributed by atoms with Gasteiger partial charge in [0.25, 0.3) is 5.91 Å². The van der Waals surface area contributed by atoms with Crippen LogP contribution in [0, 0.1) is 0 Å². The number of hydrogen-bond donors (Lipinski definition) is 2. The smallest absolute Gasteiger partial charge is 0.265 e. The molecule has 1 atom stereocenters. The molecule has 26 heavy (non-hydrogen) atoms. The van der Waals surface area contributed by atoms with E-state index in [1.807, 2.05) is 6.92 Å². The lowest BCUT2D eigenvalue weighted by molar-refractivity contribution is -0.122. The molecule has 136 valence electrons. The Hall–Kier alpha value is -3.35. The minimum atomic E-state index is -0.813. The van der Waals surface area contributed by atoms with Crippen molar-refractivity contribution in [2.24, 2.45) is 5.73 Å². The minimum Gasteiger partial charge on any atom is -0.490 e. The van der Waals surface area contributed by atoms with Crippen LogP contribution in [0.25, 0.3) is 0 Å². The third-order valence-electron chi connectivity index (χ3n) is 3.51. The van der Waals surface area contributed by atoms with E-state index in [2.05, 4.69) is 5.32 Å². The SMILES string of the molecule is CCOc1cc(C=O)ccc1OC(C)C(=O)Nc1ccc(C(N)=O)cc1. The average Bonchev–Trinajstić information content (AvgIpc) is 2.63. The van der Waals surface area contributed by atoms with Gasteiger partial charge in [-0.1, -0.05) is 0 Å². The number of benzene rings is 2. The van der Waals surface area contributed by atoms with E-state index < -0.39 is 12.0 Å². The molecule has 2 amide bonds. The predicted molar refractivity (Wildman–Crippen MR) is 96.7 cm³/mol. The second-order valence-corrected chi connectivity index (χ2v) is 5.45. The van der Waals surface area contributed by atoms with Crippen LogP contribution in [0.5, 0.6) is 11.5 Å². The number of carbonyl (C=O) groups excluding carboxylic acids is 3. The van der Waals surface area contributed by atoms with Gasteiger partial charge >= 0.3 is 0 Å². The van der Waals surface area contributed by atoms with Crippen LogP contribution in [0.3, 0.4) is 0 Å². The van der Waals surface area contributed by atoms with Gasteiger partial charge in [-0.2, -0.15) is 0 Å². The zero-order valence-corrected chi connectivity index (χ0v) is 14.5. The van der Waals surface area contributed by atoms with Gasteiger partial charge in [-0.3, -0.25) is 14.4 Å². The van der Waals surface area contributed by atoms with Gasteiger partial charge in [0.05, 0.1) is 6.61 Å². The molecule has 0 heterocycles. The fourth-order valence-electron chi connectivity index (χ4n) is 2.17. The van der Waals surface area contributed by atoms with Crippen LogP contribution >= 0.6 is 0 Å².